The Kier molecular flexibility index (Phi) is 4.79. The van der Waals surface area contributed by atoms with E-state index in [9.17, 15) is 4.79 Å². The quantitative estimate of drug-likeness (QED) is 0.363. The van der Waals surface area contributed by atoms with Gasteiger partial charge in [-0.2, -0.15) is 0 Å². The van der Waals surface area contributed by atoms with Crippen molar-refractivity contribution in [1.29, 1.82) is 0 Å². The lowest BCUT2D eigenvalue weighted by Crippen LogP contribution is -2.57. The van der Waals surface area contributed by atoms with Crippen molar-refractivity contribution in [2.75, 3.05) is 13.1 Å². The first kappa shape index (κ1) is 16.1. The van der Waals surface area contributed by atoms with Crippen LogP contribution in [0.1, 0.15) is 52.9 Å². The van der Waals surface area contributed by atoms with Crippen molar-refractivity contribution in [3.63, 3.8) is 0 Å². The highest BCUT2D eigenvalue weighted by molar-refractivity contribution is 6.07. The first-order valence-corrected chi connectivity index (χ1v) is 8.18. The molecule has 1 amide bonds. The fraction of sp³-hybridized carbons (Fsp3) is 0.875. The van der Waals surface area contributed by atoms with E-state index in [4.69, 9.17) is 10.9 Å². The average Bonchev–Trinajstić information content (AvgIpc) is 2.67. The molecule has 2 aliphatic rings. The summed E-state index contributed by atoms with van der Waals surface area (Å²) in [5.41, 5.74) is 5.11. The number of oxime groups is 1. The van der Waals surface area contributed by atoms with Gasteiger partial charge < -0.3 is 15.8 Å². The number of amides is 1. The fourth-order valence-corrected chi connectivity index (χ4v) is 4.01. The molecule has 0 spiro atoms. The highest BCUT2D eigenvalue weighted by atomic mass is 16.4. The number of hydrogen-bond donors (Lipinski definition) is 2. The molecule has 2 rings (SSSR count). The highest BCUT2D eigenvalue weighted by Crippen LogP contribution is 2.47. The van der Waals surface area contributed by atoms with Crippen molar-refractivity contribution in [1.82, 2.24) is 4.90 Å². The minimum absolute atomic E-state index is 0.0697. The van der Waals surface area contributed by atoms with Crippen LogP contribution in [0.2, 0.25) is 0 Å². The average molecular weight is 295 g/mol. The van der Waals surface area contributed by atoms with Gasteiger partial charge in [0.15, 0.2) is 5.84 Å². The van der Waals surface area contributed by atoms with Crippen LogP contribution >= 0.6 is 0 Å². The van der Waals surface area contributed by atoms with Gasteiger partial charge in [0.25, 0.3) is 0 Å². The summed E-state index contributed by atoms with van der Waals surface area (Å²) in [7, 11) is 0. The van der Waals surface area contributed by atoms with E-state index in [1.807, 2.05) is 4.90 Å². The second kappa shape index (κ2) is 6.24. The topological polar surface area (TPSA) is 78.9 Å². The van der Waals surface area contributed by atoms with Gasteiger partial charge in [-0.25, -0.2) is 0 Å². The Labute approximate surface area is 127 Å². The molecule has 3 N–H and O–H groups in total. The molecule has 0 radical (unpaired) electrons. The lowest BCUT2D eigenvalue weighted by Gasteiger charge is -2.46. The van der Waals surface area contributed by atoms with E-state index in [0.29, 0.717) is 30.6 Å². The summed E-state index contributed by atoms with van der Waals surface area (Å²) in [5, 5.41) is 12.2. The zero-order chi connectivity index (χ0) is 15.6. The Balaban J connectivity index is 2.08. The van der Waals surface area contributed by atoms with Crippen molar-refractivity contribution < 1.29 is 10.0 Å². The van der Waals surface area contributed by atoms with E-state index in [1.54, 1.807) is 0 Å². The number of nitrogens with zero attached hydrogens (tertiary/aromatic N) is 2. The third-order valence-electron chi connectivity index (χ3n) is 5.40. The molecule has 1 atom stereocenters. The largest absolute Gasteiger partial charge is 0.409 e. The number of carbonyl (C=O) groups is 1. The molecular weight excluding hydrogens is 266 g/mol. The lowest BCUT2D eigenvalue weighted by molar-refractivity contribution is -0.144. The molecule has 1 aliphatic heterocycles. The normalized spacial score (nSPS) is 34.5. The molecule has 0 aromatic rings. The number of nitrogens with two attached hydrogens (primary N) is 1. The van der Waals surface area contributed by atoms with Crippen molar-refractivity contribution in [2.45, 2.75) is 52.9 Å². The molecule has 1 heterocycles. The molecule has 1 unspecified atom stereocenters. The molecule has 0 bridgehead atoms. The smallest absolute Gasteiger partial charge is 0.236 e. The summed E-state index contributed by atoms with van der Waals surface area (Å²) in [4.78, 5) is 14.9. The fourth-order valence-electron chi connectivity index (χ4n) is 4.01. The minimum Gasteiger partial charge on any atom is -0.409 e. The number of amidine groups is 1. The molecule has 1 saturated heterocycles. The molecule has 0 aromatic carbocycles. The first-order chi connectivity index (χ1) is 9.90. The van der Waals surface area contributed by atoms with Crippen LogP contribution in [-0.2, 0) is 4.79 Å². The molecule has 2 fully saturated rings. The van der Waals surface area contributed by atoms with Gasteiger partial charge in [-0.15, -0.1) is 0 Å². The molecule has 21 heavy (non-hydrogen) atoms. The van der Waals surface area contributed by atoms with Gasteiger partial charge in [0.2, 0.25) is 5.91 Å². The van der Waals surface area contributed by atoms with Gasteiger partial charge in [0, 0.05) is 13.1 Å². The van der Waals surface area contributed by atoms with Crippen LogP contribution in [0.4, 0.5) is 0 Å². The molecule has 1 aliphatic carbocycles. The Morgan fingerprint density at radius 1 is 1.33 bits per heavy atom. The number of hydrogen-bond acceptors (Lipinski definition) is 3. The minimum atomic E-state index is -0.744. The first-order valence-electron chi connectivity index (χ1n) is 8.18. The Morgan fingerprint density at radius 2 is 2.00 bits per heavy atom. The van der Waals surface area contributed by atoms with Crippen LogP contribution in [-0.4, -0.2) is 34.9 Å². The van der Waals surface area contributed by atoms with Crippen molar-refractivity contribution in [3.8, 4) is 0 Å². The molecule has 5 nitrogen and oxygen atoms in total. The van der Waals surface area contributed by atoms with E-state index >= 15 is 0 Å². The SMILES string of the molecule is CC1CC(C(=O)N2CCCC(C(C)C)CC2)(C(N)=NO)C1. The van der Waals surface area contributed by atoms with E-state index in [0.717, 1.165) is 25.9 Å². The zero-order valence-corrected chi connectivity index (χ0v) is 13.5. The van der Waals surface area contributed by atoms with Gasteiger partial charge in [-0.05, 0) is 49.9 Å². The summed E-state index contributed by atoms with van der Waals surface area (Å²) in [6.45, 7) is 8.22. The van der Waals surface area contributed by atoms with E-state index in [1.165, 1.54) is 6.42 Å². The Bertz CT molecular complexity index is 414. The Morgan fingerprint density at radius 3 is 2.52 bits per heavy atom. The summed E-state index contributed by atoms with van der Waals surface area (Å²) >= 11 is 0. The van der Waals surface area contributed by atoms with Gasteiger partial charge in [-0.1, -0.05) is 25.9 Å². The lowest BCUT2D eigenvalue weighted by atomic mass is 9.61. The Hall–Kier alpha value is -1.26. The van der Waals surface area contributed by atoms with Crippen molar-refractivity contribution >= 4 is 11.7 Å². The monoisotopic (exact) mass is 295 g/mol. The van der Waals surface area contributed by atoms with Crippen LogP contribution < -0.4 is 5.73 Å². The zero-order valence-electron chi connectivity index (χ0n) is 13.5. The van der Waals surface area contributed by atoms with Gasteiger partial charge in [-0.3, -0.25) is 4.79 Å². The standard InChI is InChI=1S/C16H29N3O2/c1-11(2)13-5-4-7-19(8-6-13)15(20)16(14(17)18-21)9-12(3)10-16/h11-13,21H,4-10H2,1-3H3,(H2,17,18). The maximum absolute atomic E-state index is 12.9. The van der Waals surface area contributed by atoms with E-state index in [-0.39, 0.29) is 11.7 Å². The summed E-state index contributed by atoms with van der Waals surface area (Å²) in [6, 6.07) is 0. The third-order valence-corrected chi connectivity index (χ3v) is 5.40. The van der Waals surface area contributed by atoms with Crippen LogP contribution in [0.25, 0.3) is 0 Å². The van der Waals surface area contributed by atoms with Gasteiger partial charge >= 0.3 is 0 Å². The predicted octanol–water partition coefficient (Wildman–Crippen LogP) is 2.43. The molecule has 5 heteroatoms. The highest BCUT2D eigenvalue weighted by Gasteiger charge is 2.53. The van der Waals surface area contributed by atoms with Gasteiger partial charge in [0.05, 0.1) is 0 Å². The maximum atomic E-state index is 12.9. The van der Waals surface area contributed by atoms with Crippen molar-refractivity contribution in [3.05, 3.63) is 0 Å². The van der Waals surface area contributed by atoms with Crippen molar-refractivity contribution in [2.24, 2.45) is 34.1 Å². The summed E-state index contributed by atoms with van der Waals surface area (Å²) < 4.78 is 0. The maximum Gasteiger partial charge on any atom is 0.236 e. The number of rotatable bonds is 3. The van der Waals surface area contributed by atoms with Crippen LogP contribution in [0.3, 0.4) is 0 Å². The van der Waals surface area contributed by atoms with Crippen LogP contribution in [0.5, 0.6) is 0 Å². The molecule has 120 valence electrons. The molecule has 1 saturated carbocycles. The van der Waals surface area contributed by atoms with E-state index in [2.05, 4.69) is 25.9 Å². The number of carbonyl (C=O) groups excluding carboxylic acids is 1. The second-order valence-corrected chi connectivity index (χ2v) is 7.31. The molecular formula is C16H29N3O2. The van der Waals surface area contributed by atoms with Crippen LogP contribution in [0, 0.1) is 23.2 Å². The molecule has 0 aromatic heterocycles. The third kappa shape index (κ3) is 3.01. The van der Waals surface area contributed by atoms with Gasteiger partial charge in [0.1, 0.15) is 5.41 Å². The summed E-state index contributed by atoms with van der Waals surface area (Å²) in [5.74, 6) is 1.99. The van der Waals surface area contributed by atoms with E-state index < -0.39 is 5.41 Å². The second-order valence-electron chi connectivity index (χ2n) is 7.31. The van der Waals surface area contributed by atoms with Crippen LogP contribution in [0.15, 0.2) is 5.16 Å². The predicted molar refractivity (Wildman–Crippen MR) is 83.0 cm³/mol. The number of likely N-dealkylation sites (tertiary alicyclic amines) is 1. The summed E-state index contributed by atoms with van der Waals surface area (Å²) in [6.07, 6.45) is 4.70.